The van der Waals surface area contributed by atoms with Crippen LogP contribution in [0.15, 0.2) is 59.6 Å². The lowest BCUT2D eigenvalue weighted by molar-refractivity contribution is -0.121. The normalized spacial score (nSPS) is 18.3. The van der Waals surface area contributed by atoms with Gasteiger partial charge in [-0.25, -0.2) is 0 Å². The molecule has 2 atom stereocenters. The van der Waals surface area contributed by atoms with Crippen molar-refractivity contribution in [1.29, 1.82) is 0 Å². The summed E-state index contributed by atoms with van der Waals surface area (Å²) < 4.78 is 0. The summed E-state index contributed by atoms with van der Waals surface area (Å²) in [4.78, 5) is 46.3. The molecule has 1 saturated heterocycles. The fourth-order valence-electron chi connectivity index (χ4n) is 4.22. The van der Waals surface area contributed by atoms with Gasteiger partial charge in [0, 0.05) is 43.3 Å². The van der Waals surface area contributed by atoms with E-state index >= 15 is 0 Å². The highest BCUT2D eigenvalue weighted by Gasteiger charge is 2.33. The Kier molecular flexibility index (Phi) is 8.23. The molecule has 7 nitrogen and oxygen atoms in total. The number of carbonyl (C=O) groups excluding carboxylic acids is 3. The first-order valence-corrected chi connectivity index (χ1v) is 13.1. The third kappa shape index (κ3) is 6.31. The Labute approximate surface area is 211 Å². The van der Waals surface area contributed by atoms with Crippen molar-refractivity contribution in [2.24, 2.45) is 4.99 Å². The highest BCUT2D eigenvalue weighted by molar-refractivity contribution is 8.15. The molecule has 0 spiro atoms. The Morgan fingerprint density at radius 2 is 1.80 bits per heavy atom. The third-order valence-corrected chi connectivity index (χ3v) is 7.68. The first-order chi connectivity index (χ1) is 16.9. The van der Waals surface area contributed by atoms with E-state index in [1.807, 2.05) is 35.2 Å². The third-order valence-electron chi connectivity index (χ3n) is 6.47. The molecule has 2 aliphatic heterocycles. The highest BCUT2D eigenvalue weighted by Crippen LogP contribution is 2.29. The van der Waals surface area contributed by atoms with E-state index < -0.39 is 5.25 Å². The number of thioether (sulfide) groups is 1. The number of nitrogens with one attached hydrogen (secondary N) is 1. The molecule has 0 saturated carbocycles. The maximum atomic E-state index is 13.3. The number of carbonyl (C=O) groups is 3. The molecule has 1 N–H and O–H groups in total. The van der Waals surface area contributed by atoms with Crippen molar-refractivity contribution in [3.8, 4) is 0 Å². The lowest BCUT2D eigenvalue weighted by Crippen LogP contribution is -2.37. The van der Waals surface area contributed by atoms with Gasteiger partial charge in [-0.2, -0.15) is 4.99 Å². The number of nitrogens with zero attached hydrogens (tertiary/aromatic N) is 3. The second kappa shape index (κ2) is 11.5. The topological polar surface area (TPSA) is 82.1 Å². The second-order valence-electron chi connectivity index (χ2n) is 9.04. The van der Waals surface area contributed by atoms with Gasteiger partial charge in [0.25, 0.3) is 11.8 Å². The van der Waals surface area contributed by atoms with Gasteiger partial charge in [0.1, 0.15) is 5.25 Å². The number of amides is 3. The number of anilines is 1. The largest absolute Gasteiger partial charge is 0.351 e. The molecule has 2 heterocycles. The minimum atomic E-state index is -0.478. The molecule has 2 aliphatic rings. The highest BCUT2D eigenvalue weighted by atomic mass is 32.2. The van der Waals surface area contributed by atoms with Crippen molar-refractivity contribution >= 4 is 40.3 Å². The number of aliphatic imine (C=N–C) groups is 1. The zero-order chi connectivity index (χ0) is 24.8. The fraction of sp³-hybridized carbons (Fsp3) is 0.407. The Morgan fingerprint density at radius 3 is 2.46 bits per heavy atom. The molecule has 0 aromatic heterocycles. The molecule has 4 rings (SSSR count). The fourth-order valence-corrected chi connectivity index (χ4v) is 5.34. The summed E-state index contributed by atoms with van der Waals surface area (Å²) in [6, 6.07) is 17.0. The number of benzene rings is 2. The molecule has 2 unspecified atom stereocenters. The summed E-state index contributed by atoms with van der Waals surface area (Å²) in [5.41, 5.74) is 2.26. The standard InChI is InChI=1S/C27H32N4O3S/c1-3-19(2)31(18-20-9-5-4-6-10-20)26(34)21-11-13-22(14-12-21)28-24(32)17-23-25(33)29-27(35-23)30-15-7-8-16-30/h4-6,9-14,19,23H,3,7-8,15-18H2,1-2H3,(H,28,32). The number of rotatable bonds is 8. The van der Waals surface area contributed by atoms with Crippen LogP contribution in [0.4, 0.5) is 5.69 Å². The average Bonchev–Trinajstić information content (AvgIpc) is 3.53. The average molecular weight is 493 g/mol. The van der Waals surface area contributed by atoms with Crippen LogP contribution >= 0.6 is 11.8 Å². The van der Waals surface area contributed by atoms with Crippen molar-refractivity contribution in [1.82, 2.24) is 9.80 Å². The van der Waals surface area contributed by atoms with Crippen LogP contribution in [0.25, 0.3) is 0 Å². The molecular formula is C27H32N4O3S. The first-order valence-electron chi connectivity index (χ1n) is 12.2. The first kappa shape index (κ1) is 25.0. The predicted molar refractivity (Wildman–Crippen MR) is 140 cm³/mol. The van der Waals surface area contributed by atoms with Crippen LogP contribution in [0.2, 0.25) is 0 Å². The van der Waals surface area contributed by atoms with E-state index in [2.05, 4.69) is 29.1 Å². The van der Waals surface area contributed by atoms with Crippen molar-refractivity contribution in [2.45, 2.75) is 57.4 Å². The van der Waals surface area contributed by atoms with Gasteiger partial charge in [0.2, 0.25) is 5.91 Å². The molecule has 35 heavy (non-hydrogen) atoms. The Hall–Kier alpha value is -3.13. The SMILES string of the molecule is CCC(C)N(Cc1ccccc1)C(=O)c1ccc(NC(=O)CC2SC(N3CCCC3)=NC2=O)cc1. The lowest BCUT2D eigenvalue weighted by atomic mass is 10.1. The van der Waals surface area contributed by atoms with Gasteiger partial charge in [-0.3, -0.25) is 14.4 Å². The van der Waals surface area contributed by atoms with Gasteiger partial charge in [-0.15, -0.1) is 0 Å². The van der Waals surface area contributed by atoms with Gasteiger partial charge in [0.15, 0.2) is 5.17 Å². The van der Waals surface area contributed by atoms with Gasteiger partial charge in [0.05, 0.1) is 0 Å². The molecule has 1 fully saturated rings. The van der Waals surface area contributed by atoms with Crippen LogP contribution in [-0.4, -0.2) is 57.1 Å². The molecule has 2 aromatic rings. The maximum absolute atomic E-state index is 13.3. The minimum Gasteiger partial charge on any atom is -0.351 e. The van der Waals surface area contributed by atoms with Gasteiger partial charge in [-0.05, 0) is 56.0 Å². The van der Waals surface area contributed by atoms with E-state index in [1.165, 1.54) is 11.8 Å². The summed E-state index contributed by atoms with van der Waals surface area (Å²) in [6.45, 7) is 6.51. The Morgan fingerprint density at radius 1 is 1.11 bits per heavy atom. The Balaban J connectivity index is 1.34. The monoisotopic (exact) mass is 492 g/mol. The number of hydrogen-bond acceptors (Lipinski definition) is 5. The van der Waals surface area contributed by atoms with E-state index in [1.54, 1.807) is 24.3 Å². The van der Waals surface area contributed by atoms with Crippen molar-refractivity contribution < 1.29 is 14.4 Å². The predicted octanol–water partition coefficient (Wildman–Crippen LogP) is 4.55. The zero-order valence-electron chi connectivity index (χ0n) is 20.3. The zero-order valence-corrected chi connectivity index (χ0v) is 21.1. The van der Waals surface area contributed by atoms with Crippen LogP contribution in [0.5, 0.6) is 0 Å². The van der Waals surface area contributed by atoms with E-state index in [0.29, 0.717) is 17.8 Å². The summed E-state index contributed by atoms with van der Waals surface area (Å²) in [7, 11) is 0. The maximum Gasteiger partial charge on any atom is 0.262 e. The van der Waals surface area contributed by atoms with Gasteiger partial charge < -0.3 is 15.1 Å². The van der Waals surface area contributed by atoms with Crippen LogP contribution < -0.4 is 5.32 Å². The van der Waals surface area contributed by atoms with Crippen molar-refractivity contribution in [2.75, 3.05) is 18.4 Å². The van der Waals surface area contributed by atoms with Gasteiger partial charge >= 0.3 is 0 Å². The van der Waals surface area contributed by atoms with E-state index in [-0.39, 0.29) is 30.2 Å². The van der Waals surface area contributed by atoms with Gasteiger partial charge in [-0.1, -0.05) is 49.0 Å². The summed E-state index contributed by atoms with van der Waals surface area (Å²) in [6.07, 6.45) is 3.15. The van der Waals surface area contributed by atoms with Crippen molar-refractivity contribution in [3.05, 3.63) is 65.7 Å². The number of hydrogen-bond donors (Lipinski definition) is 1. The van der Waals surface area contributed by atoms with E-state index in [0.717, 1.165) is 43.1 Å². The van der Waals surface area contributed by atoms with Crippen LogP contribution in [0.3, 0.4) is 0 Å². The Bertz CT molecular complexity index is 1080. The molecular weight excluding hydrogens is 460 g/mol. The van der Waals surface area contributed by atoms with Crippen LogP contribution in [-0.2, 0) is 16.1 Å². The van der Waals surface area contributed by atoms with Crippen LogP contribution in [0, 0.1) is 0 Å². The minimum absolute atomic E-state index is 0.0411. The molecule has 0 aliphatic carbocycles. The van der Waals surface area contributed by atoms with E-state index in [4.69, 9.17) is 0 Å². The number of amidine groups is 1. The molecule has 8 heteroatoms. The smallest absolute Gasteiger partial charge is 0.262 e. The lowest BCUT2D eigenvalue weighted by Gasteiger charge is -2.29. The molecule has 0 bridgehead atoms. The number of likely N-dealkylation sites (tertiary alicyclic amines) is 1. The summed E-state index contributed by atoms with van der Waals surface area (Å²) in [5.74, 6) is -0.518. The van der Waals surface area contributed by atoms with E-state index in [9.17, 15) is 14.4 Å². The van der Waals surface area contributed by atoms with Crippen molar-refractivity contribution in [3.63, 3.8) is 0 Å². The summed E-state index contributed by atoms with van der Waals surface area (Å²) >= 11 is 1.39. The summed E-state index contributed by atoms with van der Waals surface area (Å²) in [5, 5.41) is 3.12. The molecule has 184 valence electrons. The quantitative estimate of drug-likeness (QED) is 0.585. The molecule has 3 amide bonds. The molecule has 2 aromatic carbocycles. The van der Waals surface area contributed by atoms with Crippen LogP contribution in [0.1, 0.15) is 55.5 Å². The second-order valence-corrected chi connectivity index (χ2v) is 10.2. The molecule has 0 radical (unpaired) electrons.